The first kappa shape index (κ1) is 17.4. The van der Waals surface area contributed by atoms with Gasteiger partial charge in [-0.2, -0.15) is 0 Å². The second-order valence-electron chi connectivity index (χ2n) is 7.19. The first-order valence-corrected chi connectivity index (χ1v) is 9.61. The second-order valence-corrected chi connectivity index (χ2v) is 7.19. The maximum atomic E-state index is 10.9. The molecule has 0 saturated carbocycles. The Labute approximate surface area is 145 Å². The van der Waals surface area contributed by atoms with Crippen LogP contribution in [0.15, 0.2) is 11.6 Å². The van der Waals surface area contributed by atoms with E-state index in [2.05, 4.69) is 33.8 Å². The van der Waals surface area contributed by atoms with Crippen LogP contribution in [0.25, 0.3) is 0 Å². The fraction of sp³-hybridized carbons (Fsp3) is 0.700. The van der Waals surface area contributed by atoms with Crippen molar-refractivity contribution in [3.05, 3.63) is 22.8 Å². The van der Waals surface area contributed by atoms with E-state index in [1.165, 1.54) is 5.57 Å². The monoisotopic (exact) mass is 333 g/mol. The second kappa shape index (κ2) is 6.83. The molecule has 0 aliphatic carbocycles. The van der Waals surface area contributed by atoms with E-state index >= 15 is 0 Å². The summed E-state index contributed by atoms with van der Waals surface area (Å²) < 4.78 is 7.83. The highest BCUT2D eigenvalue weighted by Gasteiger charge is 2.47. The molecule has 0 amide bonds. The molecule has 1 aromatic heterocycles. The van der Waals surface area contributed by atoms with Crippen molar-refractivity contribution in [2.45, 2.75) is 84.5 Å². The topological polar surface area (TPSA) is 54.6 Å². The third-order valence-electron chi connectivity index (χ3n) is 5.76. The predicted octanol–water partition coefficient (Wildman–Crippen LogP) is 5.53. The quantitative estimate of drug-likeness (QED) is 0.615. The highest BCUT2D eigenvalue weighted by atomic mass is 16.5. The van der Waals surface area contributed by atoms with Crippen LogP contribution in [0.4, 0.5) is 0 Å². The summed E-state index contributed by atoms with van der Waals surface area (Å²) in [4.78, 5) is 0. The smallest absolute Gasteiger partial charge is 0.200 e. The van der Waals surface area contributed by atoms with E-state index in [1.807, 2.05) is 0 Å². The molecule has 0 saturated heterocycles. The van der Waals surface area contributed by atoms with Gasteiger partial charge in [0.1, 0.15) is 12.2 Å². The average molecular weight is 333 g/mol. The van der Waals surface area contributed by atoms with Gasteiger partial charge in [-0.05, 0) is 43.3 Å². The zero-order chi connectivity index (χ0) is 17.4. The van der Waals surface area contributed by atoms with Crippen LogP contribution in [0.5, 0.6) is 11.8 Å². The molecule has 134 valence electrons. The van der Waals surface area contributed by atoms with E-state index in [0.717, 1.165) is 49.7 Å². The first-order chi connectivity index (χ1) is 11.6. The van der Waals surface area contributed by atoms with Gasteiger partial charge in [-0.15, -0.1) is 0 Å². The Morgan fingerprint density at radius 2 is 1.67 bits per heavy atom. The highest BCUT2D eigenvalue weighted by molar-refractivity contribution is 5.58. The van der Waals surface area contributed by atoms with Crippen molar-refractivity contribution >= 4 is 0 Å². The van der Waals surface area contributed by atoms with Gasteiger partial charge in [0, 0.05) is 6.04 Å². The van der Waals surface area contributed by atoms with Crippen LogP contribution in [-0.2, 0) is 4.74 Å². The van der Waals surface area contributed by atoms with Crippen LogP contribution >= 0.6 is 0 Å². The number of nitrogens with zero attached hydrogens (tertiary/aromatic N) is 1. The summed E-state index contributed by atoms with van der Waals surface area (Å²) >= 11 is 0. The molecule has 2 aliphatic heterocycles. The summed E-state index contributed by atoms with van der Waals surface area (Å²) in [7, 11) is 0. The minimum atomic E-state index is -0.197. The van der Waals surface area contributed by atoms with E-state index in [9.17, 15) is 10.2 Å². The van der Waals surface area contributed by atoms with Gasteiger partial charge in [0.15, 0.2) is 0 Å². The molecule has 3 rings (SSSR count). The Morgan fingerprint density at radius 1 is 1.00 bits per heavy atom. The van der Waals surface area contributed by atoms with E-state index in [0.29, 0.717) is 5.92 Å². The molecule has 0 radical (unpaired) electrons. The summed E-state index contributed by atoms with van der Waals surface area (Å²) in [6, 6.07) is 0.140. The number of rotatable bonds is 8. The van der Waals surface area contributed by atoms with Crippen LogP contribution in [-0.4, -0.2) is 14.8 Å². The lowest BCUT2D eigenvalue weighted by molar-refractivity contribution is 0.0741. The Kier molecular flexibility index (Phi) is 4.95. The zero-order valence-corrected chi connectivity index (χ0v) is 15.4. The van der Waals surface area contributed by atoms with Crippen LogP contribution < -0.4 is 0 Å². The van der Waals surface area contributed by atoms with E-state index < -0.39 is 0 Å². The molecule has 4 nitrogen and oxygen atoms in total. The Hall–Kier alpha value is -1.42. The lowest BCUT2D eigenvalue weighted by Crippen LogP contribution is -2.10. The van der Waals surface area contributed by atoms with Gasteiger partial charge >= 0.3 is 0 Å². The van der Waals surface area contributed by atoms with Crippen LogP contribution in [0.3, 0.4) is 0 Å². The van der Waals surface area contributed by atoms with Crippen LogP contribution in [0.1, 0.15) is 95.6 Å². The van der Waals surface area contributed by atoms with Gasteiger partial charge in [0.25, 0.3) is 0 Å². The molecule has 2 aliphatic rings. The first-order valence-electron chi connectivity index (χ1n) is 9.61. The molecule has 4 unspecified atom stereocenters. The summed E-state index contributed by atoms with van der Waals surface area (Å²) in [5.74, 6) is 0.919. The van der Waals surface area contributed by atoms with Gasteiger partial charge in [-0.3, -0.25) is 4.57 Å². The average Bonchev–Trinajstić information content (AvgIpc) is 3.23. The van der Waals surface area contributed by atoms with E-state index in [-0.39, 0.29) is 30.0 Å². The molecule has 24 heavy (non-hydrogen) atoms. The van der Waals surface area contributed by atoms with Crippen LogP contribution in [0, 0.1) is 5.92 Å². The molecule has 0 aromatic carbocycles. The summed E-state index contributed by atoms with van der Waals surface area (Å²) in [5, 5.41) is 21.6. The number of hydrogen-bond donors (Lipinski definition) is 2. The van der Waals surface area contributed by atoms with Gasteiger partial charge in [-0.1, -0.05) is 40.5 Å². The summed E-state index contributed by atoms with van der Waals surface area (Å²) in [5.41, 5.74) is 2.91. The Morgan fingerprint density at radius 3 is 2.25 bits per heavy atom. The van der Waals surface area contributed by atoms with Crippen molar-refractivity contribution in [2.24, 2.45) is 5.92 Å². The number of fused-ring (bicyclic) bond motifs is 5. The third kappa shape index (κ3) is 2.46. The normalized spacial score (nSPS) is 24.1. The van der Waals surface area contributed by atoms with Crippen molar-refractivity contribution in [1.82, 2.24) is 4.57 Å². The maximum Gasteiger partial charge on any atom is 0.200 e. The Bertz CT molecular complexity index is 631. The molecular weight excluding hydrogens is 302 g/mol. The SMILES string of the molecule is CCCC(CC)C1=CC2OC1c1c2c(O)n(C(CC)CCC)c1O. The third-order valence-corrected chi connectivity index (χ3v) is 5.76. The molecule has 0 spiro atoms. The molecule has 3 heterocycles. The van der Waals surface area contributed by atoms with Crippen molar-refractivity contribution < 1.29 is 14.9 Å². The number of ether oxygens (including phenoxy) is 1. The fourth-order valence-corrected chi connectivity index (χ4v) is 4.55. The predicted molar refractivity (Wildman–Crippen MR) is 95.3 cm³/mol. The molecule has 4 atom stereocenters. The van der Waals surface area contributed by atoms with Gasteiger partial charge in [0.05, 0.1) is 11.1 Å². The fourth-order valence-electron chi connectivity index (χ4n) is 4.55. The van der Waals surface area contributed by atoms with Crippen molar-refractivity contribution in [3.63, 3.8) is 0 Å². The minimum absolute atomic E-state index is 0.140. The highest BCUT2D eigenvalue weighted by Crippen LogP contribution is 2.60. The number of aromatic hydroxyl groups is 2. The number of hydrogen-bond acceptors (Lipinski definition) is 3. The summed E-state index contributed by atoms with van der Waals surface area (Å²) in [6.45, 7) is 8.66. The minimum Gasteiger partial charge on any atom is -0.494 e. The molecule has 2 N–H and O–H groups in total. The maximum absolute atomic E-state index is 10.9. The van der Waals surface area contributed by atoms with Crippen molar-refractivity contribution in [1.29, 1.82) is 0 Å². The summed E-state index contributed by atoms with van der Waals surface area (Å²) in [6.07, 6.45) is 8.06. The number of aromatic nitrogens is 1. The lowest BCUT2D eigenvalue weighted by atomic mass is 9.83. The van der Waals surface area contributed by atoms with E-state index in [4.69, 9.17) is 4.74 Å². The molecule has 2 bridgehead atoms. The standard InChI is InChI=1S/C20H31NO3/c1-5-9-12(7-3)14-11-15-16-17(18(14)24-15)20(23)21(19(16)22)13(8-4)10-6-2/h11-13,15,18,22-23H,5-10H2,1-4H3. The molecular formula is C20H31NO3. The molecule has 0 fully saturated rings. The zero-order valence-electron chi connectivity index (χ0n) is 15.4. The van der Waals surface area contributed by atoms with Gasteiger partial charge in [0.2, 0.25) is 11.8 Å². The van der Waals surface area contributed by atoms with E-state index in [1.54, 1.807) is 4.57 Å². The Balaban J connectivity index is 1.98. The van der Waals surface area contributed by atoms with Crippen molar-refractivity contribution in [3.8, 4) is 11.8 Å². The molecule has 1 aromatic rings. The van der Waals surface area contributed by atoms with Crippen LogP contribution in [0.2, 0.25) is 0 Å². The van der Waals surface area contributed by atoms with Gasteiger partial charge < -0.3 is 14.9 Å². The van der Waals surface area contributed by atoms with Crippen molar-refractivity contribution in [2.75, 3.05) is 0 Å². The van der Waals surface area contributed by atoms with Gasteiger partial charge in [-0.25, -0.2) is 0 Å². The lowest BCUT2D eigenvalue weighted by Gasteiger charge is -2.22. The largest absolute Gasteiger partial charge is 0.494 e. The molecule has 4 heteroatoms.